The van der Waals surface area contributed by atoms with Gasteiger partial charge in [0.1, 0.15) is 11.6 Å². The van der Waals surface area contributed by atoms with Crippen molar-refractivity contribution in [3.05, 3.63) is 29.8 Å². The Balaban J connectivity index is 2.10. The van der Waals surface area contributed by atoms with Crippen LogP contribution in [0.3, 0.4) is 0 Å². The van der Waals surface area contributed by atoms with Gasteiger partial charge in [-0.15, -0.1) is 11.6 Å². The van der Waals surface area contributed by atoms with E-state index in [1.54, 1.807) is 0 Å². The molecule has 1 aliphatic carbocycles. The lowest BCUT2D eigenvalue weighted by atomic mass is 10.2. The Morgan fingerprint density at radius 3 is 2.90 bits per heavy atom. The number of alkyl halides is 1. The Morgan fingerprint density at radius 1 is 1.45 bits per heavy atom. The molecule has 3 rings (SSSR count). The van der Waals surface area contributed by atoms with Crippen molar-refractivity contribution in [2.75, 3.05) is 6.26 Å². The molecular formula is C15H18ClFN2S. The largest absolute Gasteiger partial charge is 0.324 e. The van der Waals surface area contributed by atoms with Crippen LogP contribution in [-0.2, 0) is 0 Å². The fourth-order valence-corrected chi connectivity index (χ4v) is 4.06. The first kappa shape index (κ1) is 14.2. The maximum atomic E-state index is 13.4. The molecule has 2 aromatic rings. The molecule has 1 aliphatic rings. The Hall–Kier alpha value is -0.740. The third-order valence-corrected chi connectivity index (χ3v) is 5.38. The van der Waals surface area contributed by atoms with Crippen LogP contribution in [0.1, 0.15) is 43.4 Å². The van der Waals surface area contributed by atoms with Crippen molar-refractivity contribution in [1.82, 2.24) is 9.55 Å². The highest BCUT2D eigenvalue weighted by Crippen LogP contribution is 2.40. The third-order valence-electron chi connectivity index (χ3n) is 4.09. The Labute approximate surface area is 127 Å². The summed E-state index contributed by atoms with van der Waals surface area (Å²) in [5.74, 6) is 0.614. The molecule has 1 aromatic heterocycles. The van der Waals surface area contributed by atoms with E-state index in [2.05, 4.69) is 15.8 Å². The van der Waals surface area contributed by atoms with Gasteiger partial charge in [-0.1, -0.05) is 0 Å². The van der Waals surface area contributed by atoms with Crippen LogP contribution < -0.4 is 0 Å². The number of benzene rings is 1. The smallest absolute Gasteiger partial charge is 0.127 e. The molecule has 0 radical (unpaired) electrons. The molecule has 108 valence electrons. The normalized spacial score (nSPS) is 24.4. The molecule has 0 bridgehead atoms. The summed E-state index contributed by atoms with van der Waals surface area (Å²) in [5, 5.41) is 0.537. The molecule has 3 unspecified atom stereocenters. The van der Waals surface area contributed by atoms with Gasteiger partial charge in [-0.25, -0.2) is 9.37 Å². The van der Waals surface area contributed by atoms with E-state index < -0.39 is 0 Å². The van der Waals surface area contributed by atoms with E-state index in [-0.39, 0.29) is 11.2 Å². The molecular weight excluding hydrogens is 295 g/mol. The van der Waals surface area contributed by atoms with Crippen molar-refractivity contribution in [3.63, 3.8) is 0 Å². The van der Waals surface area contributed by atoms with E-state index in [0.717, 1.165) is 24.2 Å². The number of rotatable bonds is 3. The minimum absolute atomic E-state index is 0.168. The molecule has 5 heteroatoms. The Bertz CT molecular complexity index is 626. The van der Waals surface area contributed by atoms with Crippen LogP contribution in [0, 0.1) is 5.82 Å². The number of fused-ring (bicyclic) bond motifs is 1. The minimum atomic E-state index is -0.246. The second-order valence-corrected chi connectivity index (χ2v) is 7.21. The summed E-state index contributed by atoms with van der Waals surface area (Å²) in [6.07, 6.45) is 5.67. The summed E-state index contributed by atoms with van der Waals surface area (Å²) in [4.78, 5) is 4.55. The number of hydrogen-bond donors (Lipinski definition) is 0. The zero-order chi connectivity index (χ0) is 14.3. The molecule has 1 heterocycles. The zero-order valence-electron chi connectivity index (χ0n) is 11.6. The molecule has 2 nitrogen and oxygen atoms in total. The van der Waals surface area contributed by atoms with Crippen LogP contribution in [0.25, 0.3) is 11.0 Å². The minimum Gasteiger partial charge on any atom is -0.324 e. The van der Waals surface area contributed by atoms with E-state index in [1.165, 1.54) is 18.6 Å². The van der Waals surface area contributed by atoms with Gasteiger partial charge < -0.3 is 4.57 Å². The summed E-state index contributed by atoms with van der Waals surface area (Å²) in [6, 6.07) is 5.26. The van der Waals surface area contributed by atoms with Gasteiger partial charge in [0.25, 0.3) is 0 Å². The lowest BCUT2D eigenvalue weighted by Gasteiger charge is -2.18. The van der Waals surface area contributed by atoms with Crippen molar-refractivity contribution in [2.24, 2.45) is 0 Å². The summed E-state index contributed by atoms with van der Waals surface area (Å²) in [5.41, 5.74) is 1.71. The van der Waals surface area contributed by atoms with E-state index in [1.807, 2.05) is 24.8 Å². The second-order valence-electron chi connectivity index (χ2n) is 5.41. The highest BCUT2D eigenvalue weighted by molar-refractivity contribution is 7.99. The van der Waals surface area contributed by atoms with Crippen LogP contribution in [0.2, 0.25) is 0 Å². The van der Waals surface area contributed by atoms with Crippen LogP contribution in [0.5, 0.6) is 0 Å². The van der Waals surface area contributed by atoms with Crippen molar-refractivity contribution in [2.45, 2.75) is 42.9 Å². The van der Waals surface area contributed by atoms with Gasteiger partial charge in [-0.2, -0.15) is 11.8 Å². The van der Waals surface area contributed by atoms with E-state index >= 15 is 0 Å². The molecule has 0 N–H and O–H groups in total. The van der Waals surface area contributed by atoms with Crippen molar-refractivity contribution in [1.29, 1.82) is 0 Å². The second kappa shape index (κ2) is 5.57. The van der Waals surface area contributed by atoms with E-state index in [9.17, 15) is 4.39 Å². The Kier molecular flexibility index (Phi) is 3.95. The van der Waals surface area contributed by atoms with Crippen LogP contribution in [0.4, 0.5) is 4.39 Å². The fraction of sp³-hybridized carbons (Fsp3) is 0.533. The number of thioether (sulfide) groups is 1. The molecule has 20 heavy (non-hydrogen) atoms. The van der Waals surface area contributed by atoms with Gasteiger partial charge in [-0.3, -0.25) is 0 Å². The summed E-state index contributed by atoms with van der Waals surface area (Å²) in [7, 11) is 0. The number of aromatic nitrogens is 2. The highest BCUT2D eigenvalue weighted by Gasteiger charge is 2.29. The number of imidazole rings is 1. The molecule has 0 aliphatic heterocycles. The van der Waals surface area contributed by atoms with Crippen LogP contribution in [0.15, 0.2) is 18.2 Å². The van der Waals surface area contributed by atoms with Gasteiger partial charge >= 0.3 is 0 Å². The average Bonchev–Trinajstić information content (AvgIpc) is 3.00. The summed E-state index contributed by atoms with van der Waals surface area (Å²) in [6.45, 7) is 1.93. The SMILES string of the molecule is CSC1CCC(n2c(C(C)Cl)nc3cc(F)ccc32)C1. The van der Waals surface area contributed by atoms with Gasteiger partial charge in [0, 0.05) is 17.4 Å². The van der Waals surface area contributed by atoms with Crippen molar-refractivity contribution < 1.29 is 4.39 Å². The topological polar surface area (TPSA) is 17.8 Å². The number of halogens is 2. The first-order valence-corrected chi connectivity index (χ1v) is 8.67. The quantitative estimate of drug-likeness (QED) is 0.748. The molecule has 0 spiro atoms. The molecule has 3 atom stereocenters. The zero-order valence-corrected chi connectivity index (χ0v) is 13.2. The monoisotopic (exact) mass is 312 g/mol. The van der Waals surface area contributed by atoms with Crippen molar-refractivity contribution >= 4 is 34.4 Å². The summed E-state index contributed by atoms with van der Waals surface area (Å²) >= 11 is 8.21. The summed E-state index contributed by atoms with van der Waals surface area (Å²) < 4.78 is 15.6. The fourth-order valence-electron chi connectivity index (χ4n) is 3.12. The van der Waals surface area contributed by atoms with Gasteiger partial charge in [0.05, 0.1) is 16.4 Å². The lowest BCUT2D eigenvalue weighted by molar-refractivity contribution is 0.511. The van der Waals surface area contributed by atoms with Gasteiger partial charge in [-0.05, 0) is 44.6 Å². The van der Waals surface area contributed by atoms with E-state index in [4.69, 9.17) is 11.6 Å². The van der Waals surface area contributed by atoms with Crippen LogP contribution >= 0.6 is 23.4 Å². The third kappa shape index (κ3) is 2.44. The van der Waals surface area contributed by atoms with Crippen molar-refractivity contribution in [3.8, 4) is 0 Å². The first-order valence-electron chi connectivity index (χ1n) is 6.94. The predicted molar refractivity (Wildman–Crippen MR) is 84.2 cm³/mol. The average molecular weight is 313 g/mol. The highest BCUT2D eigenvalue weighted by atomic mass is 35.5. The number of nitrogens with zero attached hydrogens (tertiary/aromatic N) is 2. The molecule has 0 saturated heterocycles. The Morgan fingerprint density at radius 2 is 2.25 bits per heavy atom. The maximum absolute atomic E-state index is 13.4. The molecule has 0 amide bonds. The lowest BCUT2D eigenvalue weighted by Crippen LogP contribution is -2.10. The predicted octanol–water partition coefficient (Wildman–Crippen LogP) is 4.93. The van der Waals surface area contributed by atoms with Gasteiger partial charge in [0.15, 0.2) is 0 Å². The molecule has 1 fully saturated rings. The maximum Gasteiger partial charge on any atom is 0.127 e. The van der Waals surface area contributed by atoms with Crippen LogP contribution in [-0.4, -0.2) is 21.1 Å². The molecule has 1 saturated carbocycles. The first-order chi connectivity index (χ1) is 9.60. The standard InChI is InChI=1S/C15H18ClFN2S/c1-9(16)15-18-13-7-10(17)3-6-14(13)19(15)11-4-5-12(8-11)20-2/h3,6-7,9,11-12H,4-5,8H2,1-2H3. The number of hydrogen-bond acceptors (Lipinski definition) is 2. The molecule has 1 aromatic carbocycles. The van der Waals surface area contributed by atoms with Gasteiger partial charge in [0.2, 0.25) is 0 Å². The van der Waals surface area contributed by atoms with E-state index in [0.29, 0.717) is 16.8 Å².